The fourth-order valence-corrected chi connectivity index (χ4v) is 1.77. The lowest BCUT2D eigenvalue weighted by Gasteiger charge is -2.11. The Bertz CT molecular complexity index is 358. The molecule has 3 nitrogen and oxygen atoms in total. The lowest BCUT2D eigenvalue weighted by atomic mass is 9.93. The van der Waals surface area contributed by atoms with Crippen LogP contribution in [0.1, 0.15) is 15.9 Å². The number of aryl methyl sites for hydroxylation is 1. The van der Waals surface area contributed by atoms with Crippen LogP contribution in [0.2, 0.25) is 0 Å². The molecule has 0 spiro atoms. The zero-order valence-corrected chi connectivity index (χ0v) is 8.77. The molecule has 2 N–H and O–H groups in total. The lowest BCUT2D eigenvalue weighted by molar-refractivity contribution is 0.0896. The van der Waals surface area contributed by atoms with Crippen molar-refractivity contribution in [2.45, 2.75) is 13.0 Å². The predicted octanol–water partition coefficient (Wildman–Crippen LogP) is 1.15. The van der Waals surface area contributed by atoms with E-state index < -0.39 is 0 Å². The van der Waals surface area contributed by atoms with Gasteiger partial charge in [0.25, 0.3) is 0 Å². The van der Waals surface area contributed by atoms with Crippen LogP contribution in [0.3, 0.4) is 0 Å². The van der Waals surface area contributed by atoms with Crippen molar-refractivity contribution in [3.63, 3.8) is 0 Å². The standard InChI is InChI=1S/C12H15NO2/c1-8-2-4-9(5-3-8)12(14)10-6-15-7-11(10)13/h2-5,10-11H,6-7,13H2,1H3. The topological polar surface area (TPSA) is 52.3 Å². The average molecular weight is 205 g/mol. The third kappa shape index (κ3) is 2.08. The van der Waals surface area contributed by atoms with Crippen LogP contribution in [-0.2, 0) is 4.74 Å². The zero-order chi connectivity index (χ0) is 10.8. The number of carbonyl (C=O) groups excluding carboxylic acids is 1. The molecule has 3 heteroatoms. The number of carbonyl (C=O) groups is 1. The molecule has 0 radical (unpaired) electrons. The Hall–Kier alpha value is -1.19. The zero-order valence-electron chi connectivity index (χ0n) is 8.77. The summed E-state index contributed by atoms with van der Waals surface area (Å²) in [5.41, 5.74) is 7.68. The third-order valence-electron chi connectivity index (χ3n) is 2.80. The summed E-state index contributed by atoms with van der Waals surface area (Å²) < 4.78 is 5.19. The molecule has 15 heavy (non-hydrogen) atoms. The van der Waals surface area contributed by atoms with Gasteiger partial charge in [0.15, 0.2) is 5.78 Å². The molecule has 1 fully saturated rings. The molecule has 1 aromatic rings. The highest BCUT2D eigenvalue weighted by atomic mass is 16.5. The van der Waals surface area contributed by atoms with Gasteiger partial charge in [0.1, 0.15) is 0 Å². The third-order valence-corrected chi connectivity index (χ3v) is 2.80. The SMILES string of the molecule is Cc1ccc(C(=O)C2COCC2N)cc1. The van der Waals surface area contributed by atoms with Crippen molar-refractivity contribution >= 4 is 5.78 Å². The van der Waals surface area contributed by atoms with Crippen LogP contribution in [0.4, 0.5) is 0 Å². The molecule has 1 heterocycles. The van der Waals surface area contributed by atoms with Gasteiger partial charge in [-0.05, 0) is 6.92 Å². The van der Waals surface area contributed by atoms with E-state index in [1.54, 1.807) is 0 Å². The van der Waals surface area contributed by atoms with Gasteiger partial charge in [-0.2, -0.15) is 0 Å². The average Bonchev–Trinajstić information content (AvgIpc) is 2.65. The summed E-state index contributed by atoms with van der Waals surface area (Å²) in [5.74, 6) is -0.0762. The molecule has 80 valence electrons. The monoisotopic (exact) mass is 205 g/mol. The molecule has 2 rings (SSSR count). The van der Waals surface area contributed by atoms with Crippen molar-refractivity contribution in [2.75, 3.05) is 13.2 Å². The van der Waals surface area contributed by atoms with Gasteiger partial charge in [0.2, 0.25) is 0 Å². The molecule has 0 amide bonds. The van der Waals surface area contributed by atoms with E-state index in [4.69, 9.17) is 10.5 Å². The van der Waals surface area contributed by atoms with E-state index in [1.807, 2.05) is 31.2 Å². The Labute approximate surface area is 89.2 Å². The van der Waals surface area contributed by atoms with Crippen molar-refractivity contribution < 1.29 is 9.53 Å². The van der Waals surface area contributed by atoms with Gasteiger partial charge < -0.3 is 10.5 Å². The summed E-state index contributed by atoms with van der Waals surface area (Å²) >= 11 is 0. The molecule has 1 aromatic carbocycles. The highest BCUT2D eigenvalue weighted by Crippen LogP contribution is 2.18. The summed E-state index contributed by atoms with van der Waals surface area (Å²) in [4.78, 5) is 12.0. The molecule has 2 unspecified atom stereocenters. The van der Waals surface area contributed by atoms with Gasteiger partial charge in [-0.1, -0.05) is 29.8 Å². The van der Waals surface area contributed by atoms with Crippen molar-refractivity contribution in [2.24, 2.45) is 11.7 Å². The van der Waals surface area contributed by atoms with Gasteiger partial charge in [-0.15, -0.1) is 0 Å². The molecule has 1 saturated heterocycles. The Morgan fingerprint density at radius 3 is 2.53 bits per heavy atom. The molecule has 0 saturated carbocycles. The Kier molecular flexibility index (Phi) is 2.84. The number of benzene rings is 1. The van der Waals surface area contributed by atoms with Crippen LogP contribution < -0.4 is 5.73 Å². The predicted molar refractivity (Wildman–Crippen MR) is 57.8 cm³/mol. The minimum absolute atomic E-state index is 0.0972. The number of hydrogen-bond donors (Lipinski definition) is 1. The maximum absolute atomic E-state index is 12.0. The lowest BCUT2D eigenvalue weighted by Crippen LogP contribution is -2.34. The summed E-state index contributed by atoms with van der Waals surface area (Å²) in [5, 5.41) is 0. The van der Waals surface area contributed by atoms with Gasteiger partial charge in [-0.3, -0.25) is 4.79 Å². The van der Waals surface area contributed by atoms with Gasteiger partial charge >= 0.3 is 0 Å². The quantitative estimate of drug-likeness (QED) is 0.737. The maximum atomic E-state index is 12.0. The normalized spacial score (nSPS) is 25.5. The van der Waals surface area contributed by atoms with Crippen molar-refractivity contribution in [1.82, 2.24) is 0 Å². The fourth-order valence-electron chi connectivity index (χ4n) is 1.77. The Morgan fingerprint density at radius 2 is 2.00 bits per heavy atom. The van der Waals surface area contributed by atoms with Crippen LogP contribution in [0.25, 0.3) is 0 Å². The minimum atomic E-state index is -0.173. The first-order chi connectivity index (χ1) is 7.18. The fraction of sp³-hybridized carbons (Fsp3) is 0.417. The van der Waals surface area contributed by atoms with Crippen LogP contribution in [0, 0.1) is 12.8 Å². The first kappa shape index (κ1) is 10.3. The van der Waals surface area contributed by atoms with E-state index in [9.17, 15) is 4.79 Å². The van der Waals surface area contributed by atoms with Gasteiger partial charge in [0, 0.05) is 11.6 Å². The van der Waals surface area contributed by atoms with E-state index in [-0.39, 0.29) is 17.7 Å². The van der Waals surface area contributed by atoms with E-state index >= 15 is 0 Å². The summed E-state index contributed by atoms with van der Waals surface area (Å²) in [6, 6.07) is 7.42. The molecule has 0 aromatic heterocycles. The van der Waals surface area contributed by atoms with Gasteiger partial charge in [-0.25, -0.2) is 0 Å². The van der Waals surface area contributed by atoms with Crippen molar-refractivity contribution in [3.05, 3.63) is 35.4 Å². The molecular weight excluding hydrogens is 190 g/mol. The maximum Gasteiger partial charge on any atom is 0.169 e. The molecule has 0 bridgehead atoms. The second-order valence-corrected chi connectivity index (χ2v) is 4.04. The number of ether oxygens (including phenoxy) is 1. The number of nitrogens with two attached hydrogens (primary N) is 1. The summed E-state index contributed by atoms with van der Waals surface area (Å²) in [6.07, 6.45) is 0. The van der Waals surface area contributed by atoms with E-state index in [2.05, 4.69) is 0 Å². The molecule has 1 aliphatic rings. The summed E-state index contributed by atoms with van der Waals surface area (Å²) in [6.45, 7) is 2.94. The summed E-state index contributed by atoms with van der Waals surface area (Å²) in [7, 11) is 0. The van der Waals surface area contributed by atoms with Crippen molar-refractivity contribution in [1.29, 1.82) is 0 Å². The van der Waals surface area contributed by atoms with Crippen LogP contribution in [0.15, 0.2) is 24.3 Å². The molecule has 0 aliphatic carbocycles. The Morgan fingerprint density at radius 1 is 1.33 bits per heavy atom. The van der Waals surface area contributed by atoms with E-state index in [0.29, 0.717) is 13.2 Å². The highest BCUT2D eigenvalue weighted by Gasteiger charge is 2.31. The smallest absolute Gasteiger partial charge is 0.169 e. The van der Waals surface area contributed by atoms with E-state index in [1.165, 1.54) is 0 Å². The van der Waals surface area contributed by atoms with Crippen LogP contribution >= 0.6 is 0 Å². The van der Waals surface area contributed by atoms with Crippen molar-refractivity contribution in [3.8, 4) is 0 Å². The second-order valence-electron chi connectivity index (χ2n) is 4.04. The Balaban J connectivity index is 2.17. The second kappa shape index (κ2) is 4.13. The molecular formula is C12H15NO2. The largest absolute Gasteiger partial charge is 0.379 e. The number of rotatable bonds is 2. The number of ketones is 1. The van der Waals surface area contributed by atoms with Crippen LogP contribution in [0.5, 0.6) is 0 Å². The first-order valence-electron chi connectivity index (χ1n) is 5.12. The molecule has 2 atom stereocenters. The minimum Gasteiger partial charge on any atom is -0.379 e. The van der Waals surface area contributed by atoms with E-state index in [0.717, 1.165) is 11.1 Å². The number of Topliss-reactive ketones (excluding diaryl/α,β-unsaturated/α-hetero) is 1. The van der Waals surface area contributed by atoms with Crippen LogP contribution in [-0.4, -0.2) is 25.0 Å². The number of hydrogen-bond acceptors (Lipinski definition) is 3. The highest BCUT2D eigenvalue weighted by molar-refractivity contribution is 5.98. The van der Waals surface area contributed by atoms with Gasteiger partial charge in [0.05, 0.1) is 19.1 Å². The first-order valence-corrected chi connectivity index (χ1v) is 5.12. The molecule has 1 aliphatic heterocycles.